The number of likely N-dealkylation sites (tertiary alicyclic amines) is 1. The summed E-state index contributed by atoms with van der Waals surface area (Å²) in [6.45, 7) is 3.23. The van der Waals surface area contributed by atoms with Crippen LogP contribution in [-0.2, 0) is 20.3 Å². The molecule has 0 amide bonds. The van der Waals surface area contributed by atoms with E-state index < -0.39 is 15.6 Å². The number of para-hydroxylation sites is 2. The zero-order chi connectivity index (χ0) is 36.5. The average Bonchev–Trinajstić information content (AvgIpc) is 3.68. The molecule has 0 spiro atoms. The number of piperidine rings is 1. The monoisotopic (exact) mass is 726 g/mol. The van der Waals surface area contributed by atoms with E-state index in [9.17, 15) is 8.42 Å². The quantitative estimate of drug-likeness (QED) is 0.0850. The van der Waals surface area contributed by atoms with Crippen LogP contribution < -0.4 is 9.46 Å². The highest BCUT2D eigenvalue weighted by Crippen LogP contribution is 2.42. The molecule has 2 heterocycles. The lowest BCUT2D eigenvalue weighted by molar-refractivity contribution is -0.0288. The van der Waals surface area contributed by atoms with Gasteiger partial charge in [-0.1, -0.05) is 133 Å². The largest absolute Gasteiger partial charge is 0.491 e. The molecule has 6 aromatic rings. The van der Waals surface area contributed by atoms with Gasteiger partial charge in [0.2, 0.25) is 10.0 Å². The van der Waals surface area contributed by atoms with E-state index in [4.69, 9.17) is 14.5 Å². The van der Waals surface area contributed by atoms with Crippen molar-refractivity contribution in [3.05, 3.63) is 186 Å². The van der Waals surface area contributed by atoms with E-state index in [1.54, 1.807) is 18.2 Å². The Bertz CT molecular complexity index is 2040. The lowest BCUT2D eigenvalue weighted by atomic mass is 9.77. The SMILES string of the molecule is CS(=O)(=O)Nc1ccccc1OCCCN1CCC(OC(c2ccccc2)c2cn(C(c3ccccc3)(c3ccccc3)c3ccccc3)cn2)CC1. The maximum absolute atomic E-state index is 11.8. The van der Waals surface area contributed by atoms with Gasteiger partial charge in [0.25, 0.3) is 0 Å². The number of rotatable bonds is 15. The van der Waals surface area contributed by atoms with Crippen molar-refractivity contribution in [3.8, 4) is 5.75 Å². The van der Waals surface area contributed by atoms with E-state index in [0.717, 1.165) is 73.1 Å². The molecule has 0 aliphatic carbocycles. The number of aromatic nitrogens is 2. The Kier molecular flexibility index (Phi) is 11.3. The maximum atomic E-state index is 11.8. The van der Waals surface area contributed by atoms with Crippen molar-refractivity contribution in [1.29, 1.82) is 0 Å². The van der Waals surface area contributed by atoms with Crippen molar-refractivity contribution in [2.24, 2.45) is 0 Å². The second-order valence-corrected chi connectivity index (χ2v) is 15.3. The van der Waals surface area contributed by atoms with Gasteiger partial charge < -0.3 is 18.9 Å². The van der Waals surface area contributed by atoms with Crippen LogP contribution in [0.5, 0.6) is 5.75 Å². The van der Waals surface area contributed by atoms with Crippen LogP contribution in [0.1, 0.15) is 53.3 Å². The first-order chi connectivity index (χ1) is 25.9. The predicted molar refractivity (Wildman–Crippen MR) is 211 cm³/mol. The highest BCUT2D eigenvalue weighted by molar-refractivity contribution is 7.92. The van der Waals surface area contributed by atoms with Gasteiger partial charge in [-0.05, 0) is 53.6 Å². The Morgan fingerprint density at radius 2 is 1.28 bits per heavy atom. The molecule has 0 radical (unpaired) electrons. The molecule has 1 aliphatic rings. The van der Waals surface area contributed by atoms with Crippen molar-refractivity contribution >= 4 is 15.7 Å². The third kappa shape index (κ3) is 8.54. The lowest BCUT2D eigenvalue weighted by Gasteiger charge is -2.37. The van der Waals surface area contributed by atoms with E-state index in [0.29, 0.717) is 18.0 Å². The van der Waals surface area contributed by atoms with Gasteiger partial charge in [-0.3, -0.25) is 4.72 Å². The molecular weight excluding hydrogens is 681 g/mol. The Hall–Kier alpha value is -5.22. The highest BCUT2D eigenvalue weighted by Gasteiger charge is 2.39. The first-order valence-electron chi connectivity index (χ1n) is 18.2. The number of hydrogen-bond acceptors (Lipinski definition) is 6. The molecule has 8 nitrogen and oxygen atoms in total. The smallest absolute Gasteiger partial charge is 0.229 e. The van der Waals surface area contributed by atoms with E-state index in [1.807, 2.05) is 18.5 Å². The first kappa shape index (κ1) is 36.2. The molecule has 1 N–H and O–H groups in total. The second-order valence-electron chi connectivity index (χ2n) is 13.6. The summed E-state index contributed by atoms with van der Waals surface area (Å²) >= 11 is 0. The van der Waals surface area contributed by atoms with E-state index in [-0.39, 0.29) is 12.2 Å². The summed E-state index contributed by atoms with van der Waals surface area (Å²) in [7, 11) is -3.39. The minimum Gasteiger partial charge on any atom is -0.491 e. The van der Waals surface area contributed by atoms with E-state index >= 15 is 0 Å². The fourth-order valence-corrected chi connectivity index (χ4v) is 7.97. The molecule has 272 valence electrons. The molecule has 1 fully saturated rings. The van der Waals surface area contributed by atoms with Gasteiger partial charge in [-0.2, -0.15) is 0 Å². The molecular formula is C44H46N4O4S. The van der Waals surface area contributed by atoms with Crippen LogP contribution in [-0.4, -0.2) is 61.5 Å². The number of nitrogens with zero attached hydrogens (tertiary/aromatic N) is 3. The van der Waals surface area contributed by atoms with Gasteiger partial charge in [0.1, 0.15) is 17.4 Å². The molecule has 9 heteroatoms. The topological polar surface area (TPSA) is 85.7 Å². The summed E-state index contributed by atoms with van der Waals surface area (Å²) in [5, 5.41) is 0. The predicted octanol–water partition coefficient (Wildman–Crippen LogP) is 8.13. The highest BCUT2D eigenvalue weighted by atomic mass is 32.2. The normalized spacial score (nSPS) is 14.8. The average molecular weight is 727 g/mol. The van der Waals surface area contributed by atoms with Crippen molar-refractivity contribution in [2.45, 2.75) is 37.0 Å². The van der Waals surface area contributed by atoms with Crippen LogP contribution in [0.15, 0.2) is 158 Å². The zero-order valence-electron chi connectivity index (χ0n) is 30.0. The van der Waals surface area contributed by atoms with Crippen molar-refractivity contribution in [3.63, 3.8) is 0 Å². The molecule has 1 atom stereocenters. The number of hydrogen-bond donors (Lipinski definition) is 1. The minimum absolute atomic E-state index is 0.0777. The van der Waals surface area contributed by atoms with Crippen molar-refractivity contribution in [2.75, 3.05) is 37.2 Å². The number of ether oxygens (including phenoxy) is 2. The zero-order valence-corrected chi connectivity index (χ0v) is 30.8. The van der Waals surface area contributed by atoms with Crippen LogP contribution in [0.25, 0.3) is 0 Å². The number of anilines is 1. The second kappa shape index (κ2) is 16.6. The third-order valence-electron chi connectivity index (χ3n) is 9.86. The van der Waals surface area contributed by atoms with Crippen molar-refractivity contribution < 1.29 is 17.9 Å². The number of sulfonamides is 1. The van der Waals surface area contributed by atoms with Crippen LogP contribution in [0.3, 0.4) is 0 Å². The molecule has 7 rings (SSSR count). The fourth-order valence-electron chi connectivity index (χ4n) is 7.40. The molecule has 1 aliphatic heterocycles. The van der Waals surface area contributed by atoms with Gasteiger partial charge in [-0.15, -0.1) is 0 Å². The Labute approximate surface area is 313 Å². The summed E-state index contributed by atoms with van der Waals surface area (Å²) in [6.07, 6.45) is 7.67. The minimum atomic E-state index is -3.39. The van der Waals surface area contributed by atoms with Crippen LogP contribution in [0, 0.1) is 0 Å². The van der Waals surface area contributed by atoms with E-state index in [1.165, 1.54) is 0 Å². The summed E-state index contributed by atoms with van der Waals surface area (Å²) < 4.78 is 41.3. The van der Waals surface area contributed by atoms with Crippen LogP contribution in [0.4, 0.5) is 5.69 Å². The van der Waals surface area contributed by atoms with Gasteiger partial charge >= 0.3 is 0 Å². The van der Waals surface area contributed by atoms with Crippen LogP contribution in [0.2, 0.25) is 0 Å². The Morgan fingerprint density at radius 1 is 0.755 bits per heavy atom. The molecule has 53 heavy (non-hydrogen) atoms. The number of nitrogens with one attached hydrogen (secondary N) is 1. The summed E-state index contributed by atoms with van der Waals surface area (Å²) in [5.74, 6) is 0.535. The van der Waals surface area contributed by atoms with Crippen molar-refractivity contribution in [1.82, 2.24) is 14.5 Å². The molecule has 1 saturated heterocycles. The summed E-state index contributed by atoms with van der Waals surface area (Å²) in [6, 6.07) is 49.5. The Morgan fingerprint density at radius 3 is 1.85 bits per heavy atom. The lowest BCUT2D eigenvalue weighted by Crippen LogP contribution is -2.38. The van der Waals surface area contributed by atoms with E-state index in [2.05, 4.69) is 136 Å². The van der Waals surface area contributed by atoms with Gasteiger partial charge in [0.05, 0.1) is 36.7 Å². The molecule has 5 aromatic carbocycles. The maximum Gasteiger partial charge on any atom is 0.229 e. The standard InChI is InChI=1S/C44H46N4O4S/c1-53(49,50)46-40-25-14-15-26-42(40)51-32-16-29-47-30-27-39(28-31-47)52-43(35-17-6-2-7-18-35)41-33-48(34-45-41)44(36-19-8-3-9-20-36,37-21-10-4-11-22-37)38-23-12-5-13-24-38/h2-15,17-26,33-34,39,43,46H,16,27-32H2,1H3. The van der Waals surface area contributed by atoms with Gasteiger partial charge in [-0.25, -0.2) is 13.4 Å². The first-order valence-corrected chi connectivity index (χ1v) is 20.1. The number of imidazole rings is 1. The fraction of sp³-hybridized carbons (Fsp3) is 0.250. The number of benzene rings is 5. The summed E-state index contributed by atoms with van der Waals surface area (Å²) in [4.78, 5) is 7.54. The molecule has 1 unspecified atom stereocenters. The van der Waals surface area contributed by atoms with Gasteiger partial charge in [0, 0.05) is 25.8 Å². The molecule has 0 bridgehead atoms. The van der Waals surface area contributed by atoms with Crippen LogP contribution >= 0.6 is 0 Å². The Balaban J connectivity index is 1.08. The molecule has 1 aromatic heterocycles. The molecule has 0 saturated carbocycles. The summed E-state index contributed by atoms with van der Waals surface area (Å²) in [5.41, 5.74) is 5.18. The third-order valence-corrected chi connectivity index (χ3v) is 10.4. The van der Waals surface area contributed by atoms with Gasteiger partial charge in [0.15, 0.2) is 0 Å².